The number of nitrogens with two attached hydrogens (primary N) is 1. The van der Waals surface area contributed by atoms with E-state index in [0.29, 0.717) is 5.92 Å². The summed E-state index contributed by atoms with van der Waals surface area (Å²) >= 11 is 0. The number of halogens is 1. The van der Waals surface area contributed by atoms with Gasteiger partial charge in [0.25, 0.3) is 0 Å². The van der Waals surface area contributed by atoms with E-state index in [1.807, 2.05) is 6.07 Å². The first-order valence-corrected chi connectivity index (χ1v) is 6.93. The number of rotatable bonds is 4. The minimum Gasteiger partial charge on any atom is -0.330 e. The van der Waals surface area contributed by atoms with Gasteiger partial charge in [0.15, 0.2) is 0 Å². The average molecular weight is 250 g/mol. The molecule has 1 fully saturated rings. The summed E-state index contributed by atoms with van der Waals surface area (Å²) in [5.74, 6) is 0.514. The SMILES string of the molecule is CCc1cccc(F)c1CN1CCCC(CN)C1. The largest absolute Gasteiger partial charge is 0.330 e. The number of piperidine rings is 1. The van der Waals surface area contributed by atoms with Crippen LogP contribution in [0.2, 0.25) is 0 Å². The Bertz CT molecular complexity index is 392. The molecular formula is C15H23FN2. The van der Waals surface area contributed by atoms with Gasteiger partial charge in [0.05, 0.1) is 0 Å². The molecule has 2 rings (SSSR count). The van der Waals surface area contributed by atoms with Gasteiger partial charge in [-0.25, -0.2) is 4.39 Å². The molecule has 1 saturated heterocycles. The molecule has 1 aliphatic rings. The monoisotopic (exact) mass is 250 g/mol. The van der Waals surface area contributed by atoms with Gasteiger partial charge in [0.2, 0.25) is 0 Å². The third kappa shape index (κ3) is 3.09. The van der Waals surface area contributed by atoms with Crippen LogP contribution >= 0.6 is 0 Å². The van der Waals surface area contributed by atoms with Crippen molar-refractivity contribution in [2.24, 2.45) is 11.7 Å². The van der Waals surface area contributed by atoms with E-state index in [1.54, 1.807) is 12.1 Å². The Morgan fingerprint density at radius 3 is 3.00 bits per heavy atom. The molecule has 2 nitrogen and oxygen atoms in total. The highest BCUT2D eigenvalue weighted by Gasteiger charge is 2.20. The number of hydrogen-bond acceptors (Lipinski definition) is 2. The Morgan fingerprint density at radius 1 is 1.44 bits per heavy atom. The zero-order chi connectivity index (χ0) is 13.0. The minimum absolute atomic E-state index is 0.0655. The first-order valence-electron chi connectivity index (χ1n) is 6.93. The fourth-order valence-electron chi connectivity index (χ4n) is 2.82. The summed E-state index contributed by atoms with van der Waals surface area (Å²) in [6.45, 7) is 5.62. The van der Waals surface area contributed by atoms with Crippen molar-refractivity contribution in [1.29, 1.82) is 0 Å². The molecular weight excluding hydrogens is 227 g/mol. The van der Waals surface area contributed by atoms with Crippen LogP contribution in [-0.4, -0.2) is 24.5 Å². The Balaban J connectivity index is 2.09. The summed E-state index contributed by atoms with van der Waals surface area (Å²) in [4.78, 5) is 2.35. The van der Waals surface area contributed by atoms with Gasteiger partial charge >= 0.3 is 0 Å². The van der Waals surface area contributed by atoms with E-state index < -0.39 is 0 Å². The van der Waals surface area contributed by atoms with Crippen LogP contribution in [0.15, 0.2) is 18.2 Å². The summed E-state index contributed by atoms with van der Waals surface area (Å²) in [6, 6.07) is 5.40. The molecule has 3 heteroatoms. The Labute approximate surface area is 109 Å². The number of likely N-dealkylation sites (tertiary alicyclic amines) is 1. The first kappa shape index (κ1) is 13.5. The predicted molar refractivity (Wildman–Crippen MR) is 72.8 cm³/mol. The summed E-state index contributed by atoms with van der Waals surface area (Å²) in [5.41, 5.74) is 7.75. The van der Waals surface area contributed by atoms with Gasteiger partial charge in [-0.2, -0.15) is 0 Å². The van der Waals surface area contributed by atoms with Crippen molar-refractivity contribution in [2.75, 3.05) is 19.6 Å². The lowest BCUT2D eigenvalue weighted by Crippen LogP contribution is -2.38. The molecule has 1 heterocycles. The molecule has 0 saturated carbocycles. The van der Waals surface area contributed by atoms with Crippen LogP contribution in [0.3, 0.4) is 0 Å². The second kappa shape index (κ2) is 6.30. The van der Waals surface area contributed by atoms with E-state index in [0.717, 1.165) is 43.7 Å². The van der Waals surface area contributed by atoms with E-state index in [4.69, 9.17) is 5.73 Å². The average Bonchev–Trinajstić information content (AvgIpc) is 2.41. The standard InChI is InChI=1S/C15H23FN2/c1-2-13-6-3-7-15(16)14(13)11-18-8-4-5-12(9-17)10-18/h3,6-7,12H,2,4-5,8-11,17H2,1H3. The normalized spacial score (nSPS) is 21.2. The molecule has 0 radical (unpaired) electrons. The third-order valence-corrected chi connectivity index (χ3v) is 3.91. The molecule has 0 amide bonds. The van der Waals surface area contributed by atoms with Crippen LogP contribution in [0, 0.1) is 11.7 Å². The molecule has 100 valence electrons. The highest BCUT2D eigenvalue weighted by Crippen LogP contribution is 2.21. The van der Waals surface area contributed by atoms with Crippen LogP contribution in [0.25, 0.3) is 0 Å². The maximum absolute atomic E-state index is 13.9. The van der Waals surface area contributed by atoms with Crippen molar-refractivity contribution in [2.45, 2.75) is 32.7 Å². The summed E-state index contributed by atoms with van der Waals surface area (Å²) in [6.07, 6.45) is 3.28. The van der Waals surface area contributed by atoms with Crippen molar-refractivity contribution < 1.29 is 4.39 Å². The molecule has 0 aliphatic carbocycles. The highest BCUT2D eigenvalue weighted by molar-refractivity contribution is 5.28. The van der Waals surface area contributed by atoms with Crippen molar-refractivity contribution >= 4 is 0 Å². The molecule has 2 N–H and O–H groups in total. The van der Waals surface area contributed by atoms with Crippen molar-refractivity contribution in [3.63, 3.8) is 0 Å². The predicted octanol–water partition coefficient (Wildman–Crippen LogP) is 2.56. The quantitative estimate of drug-likeness (QED) is 0.890. The lowest BCUT2D eigenvalue weighted by molar-refractivity contribution is 0.169. The lowest BCUT2D eigenvalue weighted by atomic mass is 9.97. The molecule has 1 aromatic rings. The molecule has 1 atom stereocenters. The third-order valence-electron chi connectivity index (χ3n) is 3.91. The van der Waals surface area contributed by atoms with Crippen molar-refractivity contribution in [1.82, 2.24) is 4.90 Å². The zero-order valence-corrected chi connectivity index (χ0v) is 11.2. The Morgan fingerprint density at radius 2 is 2.28 bits per heavy atom. The van der Waals surface area contributed by atoms with Crippen LogP contribution in [-0.2, 0) is 13.0 Å². The highest BCUT2D eigenvalue weighted by atomic mass is 19.1. The topological polar surface area (TPSA) is 29.3 Å². The van der Waals surface area contributed by atoms with Gasteiger partial charge in [-0.3, -0.25) is 4.90 Å². The smallest absolute Gasteiger partial charge is 0.127 e. The fraction of sp³-hybridized carbons (Fsp3) is 0.600. The summed E-state index contributed by atoms with van der Waals surface area (Å²) in [5, 5.41) is 0. The van der Waals surface area contributed by atoms with Gasteiger partial charge in [-0.1, -0.05) is 19.1 Å². The Hall–Kier alpha value is -0.930. The number of nitrogens with zero attached hydrogens (tertiary/aromatic N) is 1. The Kier molecular flexibility index (Phi) is 4.72. The van der Waals surface area contributed by atoms with Crippen LogP contribution in [0.1, 0.15) is 30.9 Å². The van der Waals surface area contributed by atoms with E-state index in [-0.39, 0.29) is 5.82 Å². The van der Waals surface area contributed by atoms with E-state index >= 15 is 0 Å². The van der Waals surface area contributed by atoms with Gasteiger partial charge < -0.3 is 5.73 Å². The van der Waals surface area contributed by atoms with Gasteiger partial charge in [0.1, 0.15) is 5.82 Å². The summed E-state index contributed by atoms with van der Waals surface area (Å²) < 4.78 is 13.9. The maximum Gasteiger partial charge on any atom is 0.127 e. The van der Waals surface area contributed by atoms with Crippen LogP contribution < -0.4 is 5.73 Å². The zero-order valence-electron chi connectivity index (χ0n) is 11.2. The van der Waals surface area contributed by atoms with Gasteiger partial charge in [-0.15, -0.1) is 0 Å². The maximum atomic E-state index is 13.9. The van der Waals surface area contributed by atoms with E-state index in [9.17, 15) is 4.39 Å². The number of hydrogen-bond donors (Lipinski definition) is 1. The van der Waals surface area contributed by atoms with E-state index in [1.165, 1.54) is 12.8 Å². The molecule has 0 aromatic heterocycles. The molecule has 1 aromatic carbocycles. The molecule has 18 heavy (non-hydrogen) atoms. The first-order chi connectivity index (χ1) is 8.74. The van der Waals surface area contributed by atoms with Crippen LogP contribution in [0.5, 0.6) is 0 Å². The second-order valence-electron chi connectivity index (χ2n) is 5.21. The number of benzene rings is 1. The van der Waals surface area contributed by atoms with Crippen molar-refractivity contribution in [3.8, 4) is 0 Å². The second-order valence-corrected chi connectivity index (χ2v) is 5.21. The molecule has 1 unspecified atom stereocenters. The number of aryl methyl sites for hydroxylation is 1. The van der Waals surface area contributed by atoms with E-state index in [2.05, 4.69) is 11.8 Å². The molecule has 0 spiro atoms. The summed E-state index contributed by atoms with van der Waals surface area (Å²) in [7, 11) is 0. The fourth-order valence-corrected chi connectivity index (χ4v) is 2.82. The van der Waals surface area contributed by atoms with Gasteiger partial charge in [-0.05, 0) is 49.9 Å². The van der Waals surface area contributed by atoms with Crippen LogP contribution in [0.4, 0.5) is 4.39 Å². The molecule has 1 aliphatic heterocycles. The molecule has 0 bridgehead atoms. The van der Waals surface area contributed by atoms with Gasteiger partial charge in [0, 0.05) is 18.7 Å². The van der Waals surface area contributed by atoms with Crippen molar-refractivity contribution in [3.05, 3.63) is 35.1 Å². The minimum atomic E-state index is -0.0655. The lowest BCUT2D eigenvalue weighted by Gasteiger charge is -2.32.